The van der Waals surface area contributed by atoms with E-state index in [1.165, 1.54) is 29.2 Å². The van der Waals surface area contributed by atoms with Crippen molar-refractivity contribution in [3.05, 3.63) is 45.0 Å². The maximum atomic E-state index is 11.0. The van der Waals surface area contributed by atoms with Crippen LogP contribution in [-0.4, -0.2) is 21.0 Å². The summed E-state index contributed by atoms with van der Waals surface area (Å²) in [4.78, 5) is 26.0. The first-order valence-corrected chi connectivity index (χ1v) is 6.78. The minimum Gasteiger partial charge on any atom is -0.478 e. The van der Waals surface area contributed by atoms with Crippen molar-refractivity contribution in [3.63, 3.8) is 0 Å². The maximum Gasteiger partial charge on any atom is 0.335 e. The van der Waals surface area contributed by atoms with E-state index in [4.69, 9.17) is 5.11 Å². The number of carboxylic acids is 1. The first-order valence-electron chi connectivity index (χ1n) is 5.08. The summed E-state index contributed by atoms with van der Waals surface area (Å²) in [5.41, 5.74) is 0.144. The summed E-state index contributed by atoms with van der Waals surface area (Å²) < 4.78 is 0.708. The molecule has 19 heavy (non-hydrogen) atoms. The van der Waals surface area contributed by atoms with E-state index in [2.05, 4.69) is 4.98 Å². The van der Waals surface area contributed by atoms with Crippen molar-refractivity contribution in [2.24, 2.45) is 0 Å². The van der Waals surface area contributed by atoms with Crippen molar-refractivity contribution in [1.29, 1.82) is 0 Å². The highest BCUT2D eigenvalue weighted by atomic mass is 32.2. The van der Waals surface area contributed by atoms with E-state index in [-0.39, 0.29) is 11.3 Å². The Hall–Kier alpha value is -1.93. The molecular weight excluding hydrogens is 288 g/mol. The van der Waals surface area contributed by atoms with Crippen molar-refractivity contribution in [2.45, 2.75) is 16.2 Å². The molecule has 1 aromatic carbocycles. The lowest BCUT2D eigenvalue weighted by Crippen LogP contribution is -2.01. The summed E-state index contributed by atoms with van der Waals surface area (Å²) in [6.07, 6.45) is 1.62. The van der Waals surface area contributed by atoms with E-state index in [9.17, 15) is 14.9 Å². The van der Waals surface area contributed by atoms with Crippen LogP contribution in [0.4, 0.5) is 5.69 Å². The van der Waals surface area contributed by atoms with Gasteiger partial charge in [0.1, 0.15) is 0 Å². The summed E-state index contributed by atoms with van der Waals surface area (Å²) in [5, 5.41) is 21.7. The normalized spacial score (nSPS) is 10.4. The van der Waals surface area contributed by atoms with Crippen molar-refractivity contribution < 1.29 is 14.8 Å². The second-order valence-corrected chi connectivity index (χ2v) is 5.76. The van der Waals surface area contributed by atoms with Gasteiger partial charge in [-0.15, -0.1) is 11.3 Å². The molecule has 6 nitrogen and oxygen atoms in total. The molecule has 98 valence electrons. The van der Waals surface area contributed by atoms with Gasteiger partial charge in [-0.25, -0.2) is 9.78 Å². The van der Waals surface area contributed by atoms with Gasteiger partial charge in [-0.3, -0.25) is 10.1 Å². The first kappa shape index (κ1) is 13.5. The molecule has 8 heteroatoms. The monoisotopic (exact) mass is 296 g/mol. The molecule has 1 heterocycles. The van der Waals surface area contributed by atoms with Gasteiger partial charge in [-0.05, 0) is 13.0 Å². The molecule has 1 aromatic heterocycles. The number of aromatic carboxylic acids is 1. The van der Waals surface area contributed by atoms with Gasteiger partial charge < -0.3 is 5.11 Å². The second kappa shape index (κ2) is 5.37. The van der Waals surface area contributed by atoms with E-state index in [0.29, 0.717) is 14.8 Å². The van der Waals surface area contributed by atoms with Crippen molar-refractivity contribution in [1.82, 2.24) is 4.98 Å². The number of hydrogen-bond acceptors (Lipinski definition) is 6. The average molecular weight is 296 g/mol. The van der Waals surface area contributed by atoms with Crippen LogP contribution in [0.2, 0.25) is 0 Å². The Bertz CT molecular complexity index is 640. The Balaban J connectivity index is 2.52. The zero-order valence-corrected chi connectivity index (χ0v) is 11.3. The summed E-state index contributed by atoms with van der Waals surface area (Å²) in [6, 6.07) is 2.50. The highest BCUT2D eigenvalue weighted by molar-refractivity contribution is 8.01. The topological polar surface area (TPSA) is 93.3 Å². The van der Waals surface area contributed by atoms with Crippen molar-refractivity contribution >= 4 is 34.8 Å². The lowest BCUT2D eigenvalue weighted by Gasteiger charge is -2.06. The minimum atomic E-state index is -1.19. The SMILES string of the molecule is Cc1c(Sc2nccs2)cc(C(=O)O)cc1[N+](=O)[O-]. The third-order valence-electron chi connectivity index (χ3n) is 2.38. The molecular formula is C11H8N2O4S2. The summed E-state index contributed by atoms with van der Waals surface area (Å²) in [5.74, 6) is -1.19. The third-order valence-corrected chi connectivity index (χ3v) is 4.41. The Kier molecular flexibility index (Phi) is 3.82. The standard InChI is InChI=1S/C11H8N2O4S2/c1-6-8(13(16)17)4-7(10(14)15)5-9(6)19-11-12-2-3-18-11/h2-5H,1H3,(H,14,15). The Morgan fingerprint density at radius 1 is 1.53 bits per heavy atom. The second-order valence-electron chi connectivity index (χ2n) is 3.58. The zero-order chi connectivity index (χ0) is 14.0. The van der Waals surface area contributed by atoms with Crippen LogP contribution in [0.3, 0.4) is 0 Å². The van der Waals surface area contributed by atoms with Crippen LogP contribution in [0.1, 0.15) is 15.9 Å². The predicted octanol–water partition coefficient (Wildman–Crippen LogP) is 3.21. The minimum absolute atomic E-state index is 0.101. The number of nitrogens with zero attached hydrogens (tertiary/aromatic N) is 2. The molecule has 0 unspecified atom stereocenters. The number of thiazole rings is 1. The fourth-order valence-electron chi connectivity index (χ4n) is 1.45. The molecule has 0 bridgehead atoms. The van der Waals surface area contributed by atoms with Crippen molar-refractivity contribution in [2.75, 3.05) is 0 Å². The van der Waals surface area contributed by atoms with Gasteiger partial charge in [0.25, 0.3) is 5.69 Å². The fourth-order valence-corrected chi connectivity index (χ4v) is 3.18. The molecule has 0 radical (unpaired) electrons. The molecule has 0 spiro atoms. The number of rotatable bonds is 4. The van der Waals surface area contributed by atoms with Crippen LogP contribution in [0, 0.1) is 17.0 Å². The number of carboxylic acid groups (broad SMARTS) is 1. The molecule has 0 aliphatic carbocycles. The lowest BCUT2D eigenvalue weighted by atomic mass is 10.1. The fraction of sp³-hybridized carbons (Fsp3) is 0.0909. The quantitative estimate of drug-likeness (QED) is 0.687. The van der Waals surface area contributed by atoms with Gasteiger partial charge >= 0.3 is 5.97 Å². The van der Waals surface area contributed by atoms with Gasteiger partial charge in [0.05, 0.1) is 10.5 Å². The zero-order valence-electron chi connectivity index (χ0n) is 9.69. The number of benzene rings is 1. The highest BCUT2D eigenvalue weighted by Gasteiger charge is 2.20. The van der Waals surface area contributed by atoms with Gasteiger partial charge in [-0.1, -0.05) is 11.8 Å². The van der Waals surface area contributed by atoms with E-state index in [0.717, 1.165) is 6.07 Å². The lowest BCUT2D eigenvalue weighted by molar-refractivity contribution is -0.385. The van der Waals surface area contributed by atoms with Gasteiger partial charge in [-0.2, -0.15) is 0 Å². The van der Waals surface area contributed by atoms with Crippen molar-refractivity contribution in [3.8, 4) is 0 Å². The van der Waals surface area contributed by atoms with E-state index in [1.807, 2.05) is 0 Å². The summed E-state index contributed by atoms with van der Waals surface area (Å²) in [7, 11) is 0. The molecule has 0 atom stereocenters. The first-order chi connectivity index (χ1) is 8.99. The molecule has 1 N–H and O–H groups in total. The van der Waals surface area contributed by atoms with Gasteiger partial charge in [0.15, 0.2) is 4.34 Å². The molecule has 0 fully saturated rings. The molecule has 2 rings (SSSR count). The van der Waals surface area contributed by atoms with Crippen LogP contribution in [0.25, 0.3) is 0 Å². The third kappa shape index (κ3) is 2.91. The van der Waals surface area contributed by atoms with Gasteiger partial charge in [0, 0.05) is 28.1 Å². The Morgan fingerprint density at radius 2 is 2.26 bits per heavy atom. The molecule has 0 aliphatic heterocycles. The van der Waals surface area contributed by atoms with Crippen LogP contribution < -0.4 is 0 Å². The Labute approximate surface area is 116 Å². The average Bonchev–Trinajstić information content (AvgIpc) is 2.83. The summed E-state index contributed by atoms with van der Waals surface area (Å²) >= 11 is 2.61. The number of nitro benzene ring substituents is 1. The maximum absolute atomic E-state index is 11.0. The van der Waals surface area contributed by atoms with Crippen LogP contribution in [-0.2, 0) is 0 Å². The molecule has 2 aromatic rings. The van der Waals surface area contributed by atoms with Gasteiger partial charge in [0.2, 0.25) is 0 Å². The molecule has 0 saturated heterocycles. The summed E-state index contributed by atoms with van der Waals surface area (Å²) in [6.45, 7) is 1.60. The van der Waals surface area contributed by atoms with E-state index in [1.54, 1.807) is 18.5 Å². The molecule has 0 aliphatic rings. The van der Waals surface area contributed by atoms with E-state index >= 15 is 0 Å². The van der Waals surface area contributed by atoms with Crippen LogP contribution in [0.5, 0.6) is 0 Å². The molecule has 0 amide bonds. The highest BCUT2D eigenvalue weighted by Crippen LogP contribution is 2.36. The number of aromatic nitrogens is 1. The van der Waals surface area contributed by atoms with E-state index < -0.39 is 10.9 Å². The van der Waals surface area contributed by atoms with Crippen LogP contribution in [0.15, 0.2) is 32.9 Å². The number of hydrogen-bond donors (Lipinski definition) is 1. The predicted molar refractivity (Wildman–Crippen MR) is 71.0 cm³/mol. The molecule has 0 saturated carbocycles. The smallest absolute Gasteiger partial charge is 0.335 e. The largest absolute Gasteiger partial charge is 0.478 e. The Morgan fingerprint density at radius 3 is 2.79 bits per heavy atom. The number of nitro groups is 1. The van der Waals surface area contributed by atoms with Crippen LogP contribution >= 0.6 is 23.1 Å². The number of carbonyl (C=O) groups is 1.